The van der Waals surface area contributed by atoms with Crippen LogP contribution in [0, 0.1) is 0 Å². The molecule has 1 atom stereocenters. The molecule has 3 heteroatoms. The summed E-state index contributed by atoms with van der Waals surface area (Å²) >= 11 is 5.35. The van der Waals surface area contributed by atoms with Crippen LogP contribution in [0.1, 0.15) is 36.1 Å². The van der Waals surface area contributed by atoms with Crippen LogP contribution >= 0.6 is 27.3 Å². The summed E-state index contributed by atoms with van der Waals surface area (Å²) in [5.74, 6) is 0. The lowest BCUT2D eigenvalue weighted by atomic mass is 10.2. The molecule has 0 bridgehead atoms. The number of hydrogen-bond donors (Lipinski definition) is 1. The molecule has 0 aliphatic heterocycles. The molecule has 0 amide bonds. The minimum absolute atomic E-state index is 0.214. The maximum absolute atomic E-state index is 5.92. The first-order valence-corrected chi connectivity index (χ1v) is 5.83. The van der Waals surface area contributed by atoms with Gasteiger partial charge in [-0.05, 0) is 34.8 Å². The number of thiophene rings is 1. The Hall–Kier alpha value is 0.140. The van der Waals surface area contributed by atoms with Gasteiger partial charge >= 0.3 is 0 Å². The molecule has 1 aromatic heterocycles. The average molecular weight is 248 g/mol. The Kier molecular flexibility index (Phi) is 3.75. The van der Waals surface area contributed by atoms with E-state index in [1.54, 1.807) is 0 Å². The smallest absolute Gasteiger partial charge is 0.0387 e. The number of nitrogens with two attached hydrogens (primary N) is 1. The van der Waals surface area contributed by atoms with Gasteiger partial charge in [-0.15, -0.1) is 11.3 Å². The number of hydrogen-bond acceptors (Lipinski definition) is 2. The highest BCUT2D eigenvalue weighted by Crippen LogP contribution is 2.31. The second-order valence-corrected chi connectivity index (χ2v) is 4.81. The maximum atomic E-state index is 5.92. The average Bonchev–Trinajstić information content (AvgIpc) is 2.45. The van der Waals surface area contributed by atoms with Crippen molar-refractivity contribution in [2.45, 2.75) is 32.7 Å². The van der Waals surface area contributed by atoms with E-state index in [4.69, 9.17) is 5.73 Å². The van der Waals surface area contributed by atoms with Crippen LogP contribution in [-0.2, 0) is 6.42 Å². The first kappa shape index (κ1) is 10.2. The highest BCUT2D eigenvalue weighted by atomic mass is 79.9. The molecule has 0 saturated heterocycles. The molecule has 2 N–H and O–H groups in total. The van der Waals surface area contributed by atoms with Crippen LogP contribution in [0.5, 0.6) is 0 Å². The van der Waals surface area contributed by atoms with E-state index < -0.39 is 0 Å². The topological polar surface area (TPSA) is 26.0 Å². The lowest BCUT2D eigenvalue weighted by Crippen LogP contribution is -2.05. The molecule has 0 fully saturated rings. The van der Waals surface area contributed by atoms with Crippen molar-refractivity contribution < 1.29 is 0 Å². The van der Waals surface area contributed by atoms with E-state index in [0.29, 0.717) is 0 Å². The Morgan fingerprint density at radius 1 is 1.58 bits per heavy atom. The van der Waals surface area contributed by atoms with Crippen molar-refractivity contribution >= 4 is 27.3 Å². The molecule has 0 aliphatic carbocycles. The third-order valence-electron chi connectivity index (χ3n) is 1.90. The van der Waals surface area contributed by atoms with E-state index in [1.165, 1.54) is 14.2 Å². The standard InChI is InChI=1S/C9H14BrNS/c1-3-7(11)9-5-6(10)8(4-2)12-9/h5,7H,3-4,11H2,1-2H3. The zero-order valence-corrected chi connectivity index (χ0v) is 9.83. The Morgan fingerprint density at radius 2 is 2.25 bits per heavy atom. The summed E-state index contributed by atoms with van der Waals surface area (Å²) in [6.45, 7) is 4.28. The van der Waals surface area contributed by atoms with Crippen LogP contribution in [0.25, 0.3) is 0 Å². The Balaban J connectivity index is 2.88. The van der Waals surface area contributed by atoms with E-state index in [2.05, 4.69) is 35.8 Å². The van der Waals surface area contributed by atoms with Crippen molar-refractivity contribution in [1.82, 2.24) is 0 Å². The van der Waals surface area contributed by atoms with Crippen molar-refractivity contribution in [3.8, 4) is 0 Å². The van der Waals surface area contributed by atoms with Crippen LogP contribution in [0.15, 0.2) is 10.5 Å². The molecule has 1 aromatic rings. The van der Waals surface area contributed by atoms with Gasteiger partial charge < -0.3 is 5.73 Å². The van der Waals surface area contributed by atoms with E-state index in [1.807, 2.05) is 11.3 Å². The molecule has 1 heterocycles. The summed E-state index contributed by atoms with van der Waals surface area (Å²) < 4.78 is 1.22. The quantitative estimate of drug-likeness (QED) is 0.870. The van der Waals surface area contributed by atoms with Gasteiger partial charge in [-0.1, -0.05) is 13.8 Å². The first-order chi connectivity index (χ1) is 5.69. The fraction of sp³-hybridized carbons (Fsp3) is 0.556. The first-order valence-electron chi connectivity index (χ1n) is 4.22. The SMILES string of the molecule is CCc1sc(C(N)CC)cc1Br. The summed E-state index contributed by atoms with van der Waals surface area (Å²) in [6, 6.07) is 2.36. The van der Waals surface area contributed by atoms with Crippen LogP contribution in [-0.4, -0.2) is 0 Å². The highest BCUT2D eigenvalue weighted by molar-refractivity contribution is 9.10. The van der Waals surface area contributed by atoms with Crippen LogP contribution < -0.4 is 5.73 Å². The molecule has 0 saturated carbocycles. The lowest BCUT2D eigenvalue weighted by Gasteiger charge is -2.03. The molecule has 0 aliphatic rings. The molecule has 1 unspecified atom stereocenters. The van der Waals surface area contributed by atoms with Crippen molar-refractivity contribution in [3.05, 3.63) is 20.3 Å². The fourth-order valence-electron chi connectivity index (χ4n) is 1.05. The van der Waals surface area contributed by atoms with Crippen molar-refractivity contribution in [3.63, 3.8) is 0 Å². The zero-order valence-electron chi connectivity index (χ0n) is 7.43. The van der Waals surface area contributed by atoms with Gasteiger partial charge in [0.1, 0.15) is 0 Å². The van der Waals surface area contributed by atoms with Gasteiger partial charge in [0, 0.05) is 20.3 Å². The lowest BCUT2D eigenvalue weighted by molar-refractivity contribution is 0.712. The zero-order chi connectivity index (χ0) is 9.14. The van der Waals surface area contributed by atoms with E-state index in [9.17, 15) is 0 Å². The fourth-order valence-corrected chi connectivity index (χ4v) is 3.05. The second kappa shape index (κ2) is 4.40. The molecule has 0 spiro atoms. The van der Waals surface area contributed by atoms with Gasteiger partial charge in [0.25, 0.3) is 0 Å². The molecule has 1 nitrogen and oxygen atoms in total. The highest BCUT2D eigenvalue weighted by Gasteiger charge is 2.09. The normalized spacial score (nSPS) is 13.3. The van der Waals surface area contributed by atoms with Gasteiger partial charge in [-0.3, -0.25) is 0 Å². The maximum Gasteiger partial charge on any atom is 0.0387 e. The Bertz CT molecular complexity index is 257. The van der Waals surface area contributed by atoms with Crippen molar-refractivity contribution in [2.75, 3.05) is 0 Å². The van der Waals surface area contributed by atoms with Crippen molar-refractivity contribution in [2.24, 2.45) is 5.73 Å². The molecule has 68 valence electrons. The third kappa shape index (κ3) is 2.09. The number of rotatable bonds is 3. The third-order valence-corrected chi connectivity index (χ3v) is 4.28. The van der Waals surface area contributed by atoms with E-state index >= 15 is 0 Å². The molecule has 0 radical (unpaired) electrons. The van der Waals surface area contributed by atoms with E-state index in [0.717, 1.165) is 12.8 Å². The number of halogens is 1. The van der Waals surface area contributed by atoms with Crippen LogP contribution in [0.4, 0.5) is 0 Å². The van der Waals surface area contributed by atoms with Gasteiger partial charge in [0.05, 0.1) is 0 Å². The monoisotopic (exact) mass is 247 g/mol. The predicted octanol–water partition coefficient (Wildman–Crippen LogP) is 3.48. The summed E-state index contributed by atoms with van der Waals surface area (Å²) in [4.78, 5) is 2.69. The van der Waals surface area contributed by atoms with E-state index in [-0.39, 0.29) is 6.04 Å². The largest absolute Gasteiger partial charge is 0.323 e. The minimum atomic E-state index is 0.214. The molecular formula is C9H14BrNS. The van der Waals surface area contributed by atoms with Gasteiger partial charge in [0.15, 0.2) is 0 Å². The molecule has 0 aromatic carbocycles. The van der Waals surface area contributed by atoms with Crippen molar-refractivity contribution in [1.29, 1.82) is 0 Å². The van der Waals surface area contributed by atoms with Gasteiger partial charge in [-0.2, -0.15) is 0 Å². The Labute approximate surface area is 86.1 Å². The summed E-state index contributed by atoms with van der Waals surface area (Å²) in [5, 5.41) is 0. The summed E-state index contributed by atoms with van der Waals surface area (Å²) in [6.07, 6.45) is 2.10. The van der Waals surface area contributed by atoms with Gasteiger partial charge in [0.2, 0.25) is 0 Å². The molecular weight excluding hydrogens is 234 g/mol. The van der Waals surface area contributed by atoms with Crippen LogP contribution in [0.2, 0.25) is 0 Å². The molecule has 1 rings (SSSR count). The molecule has 12 heavy (non-hydrogen) atoms. The minimum Gasteiger partial charge on any atom is -0.323 e. The summed E-state index contributed by atoms with van der Waals surface area (Å²) in [7, 11) is 0. The summed E-state index contributed by atoms with van der Waals surface area (Å²) in [5.41, 5.74) is 5.92. The number of aryl methyl sites for hydroxylation is 1. The van der Waals surface area contributed by atoms with Crippen LogP contribution in [0.3, 0.4) is 0 Å². The second-order valence-electron chi connectivity index (χ2n) is 2.79. The predicted molar refractivity (Wildman–Crippen MR) is 58.6 cm³/mol. The Morgan fingerprint density at radius 3 is 2.67 bits per heavy atom. The van der Waals surface area contributed by atoms with Gasteiger partial charge in [-0.25, -0.2) is 0 Å².